The standard InChI is InChI=1S/C17H19NO4S/c1-21-15-4-2-13(3-5-15)8-10-18-23(19,20)16-6-7-17-14(12-16)9-11-22-17/h2-7,12,18H,8-11H2,1H3. The highest BCUT2D eigenvalue weighted by Gasteiger charge is 2.18. The van der Waals surface area contributed by atoms with E-state index in [1.807, 2.05) is 24.3 Å². The fourth-order valence-corrected chi connectivity index (χ4v) is 3.62. The molecule has 122 valence electrons. The van der Waals surface area contributed by atoms with E-state index in [1.54, 1.807) is 25.3 Å². The van der Waals surface area contributed by atoms with E-state index in [4.69, 9.17) is 9.47 Å². The molecule has 0 atom stereocenters. The number of sulfonamides is 1. The van der Waals surface area contributed by atoms with Gasteiger partial charge in [0, 0.05) is 13.0 Å². The van der Waals surface area contributed by atoms with Crippen molar-refractivity contribution < 1.29 is 17.9 Å². The molecule has 23 heavy (non-hydrogen) atoms. The Morgan fingerprint density at radius 2 is 1.96 bits per heavy atom. The third-order valence-corrected chi connectivity index (χ3v) is 5.29. The molecule has 0 aromatic heterocycles. The Balaban J connectivity index is 1.62. The highest BCUT2D eigenvalue weighted by molar-refractivity contribution is 7.89. The minimum absolute atomic E-state index is 0.288. The van der Waals surface area contributed by atoms with Crippen LogP contribution in [0.25, 0.3) is 0 Å². The van der Waals surface area contributed by atoms with Gasteiger partial charge in [0.2, 0.25) is 10.0 Å². The summed E-state index contributed by atoms with van der Waals surface area (Å²) in [6.45, 7) is 0.964. The van der Waals surface area contributed by atoms with E-state index in [9.17, 15) is 8.42 Å². The van der Waals surface area contributed by atoms with Crippen LogP contribution in [-0.4, -0.2) is 28.7 Å². The van der Waals surface area contributed by atoms with Crippen LogP contribution in [0.15, 0.2) is 47.4 Å². The van der Waals surface area contributed by atoms with Crippen LogP contribution in [-0.2, 0) is 22.9 Å². The lowest BCUT2D eigenvalue weighted by molar-refractivity contribution is 0.356. The van der Waals surface area contributed by atoms with Crippen molar-refractivity contribution in [2.24, 2.45) is 0 Å². The predicted molar refractivity (Wildman–Crippen MR) is 87.5 cm³/mol. The van der Waals surface area contributed by atoms with E-state index in [2.05, 4.69) is 4.72 Å². The zero-order chi connectivity index (χ0) is 16.3. The van der Waals surface area contributed by atoms with Crippen molar-refractivity contribution in [3.63, 3.8) is 0 Å². The summed E-state index contributed by atoms with van der Waals surface area (Å²) in [5.74, 6) is 1.57. The Morgan fingerprint density at radius 3 is 2.70 bits per heavy atom. The SMILES string of the molecule is COc1ccc(CCNS(=O)(=O)c2ccc3c(c2)CCO3)cc1. The van der Waals surface area contributed by atoms with E-state index in [-0.39, 0.29) is 4.90 Å². The van der Waals surface area contributed by atoms with Gasteiger partial charge < -0.3 is 9.47 Å². The van der Waals surface area contributed by atoms with E-state index in [0.29, 0.717) is 19.6 Å². The molecule has 0 spiro atoms. The number of nitrogens with one attached hydrogen (secondary N) is 1. The second-order valence-corrected chi connectivity index (χ2v) is 7.13. The van der Waals surface area contributed by atoms with Gasteiger partial charge in [-0.05, 0) is 47.9 Å². The highest BCUT2D eigenvalue weighted by Crippen LogP contribution is 2.27. The summed E-state index contributed by atoms with van der Waals surface area (Å²) in [6, 6.07) is 12.6. The second kappa shape index (κ2) is 6.60. The maximum Gasteiger partial charge on any atom is 0.240 e. The summed E-state index contributed by atoms with van der Waals surface area (Å²) in [5.41, 5.74) is 2.00. The van der Waals surface area contributed by atoms with Gasteiger partial charge in [-0.3, -0.25) is 0 Å². The molecule has 0 unspecified atom stereocenters. The normalized spacial score (nSPS) is 13.4. The van der Waals surface area contributed by atoms with Gasteiger partial charge >= 0.3 is 0 Å². The molecular formula is C17H19NO4S. The molecular weight excluding hydrogens is 314 g/mol. The summed E-state index contributed by atoms with van der Waals surface area (Å²) < 4.78 is 37.8. The first kappa shape index (κ1) is 15.8. The van der Waals surface area contributed by atoms with Crippen LogP contribution in [0.5, 0.6) is 11.5 Å². The van der Waals surface area contributed by atoms with Gasteiger partial charge in [0.25, 0.3) is 0 Å². The minimum Gasteiger partial charge on any atom is -0.497 e. The molecule has 5 nitrogen and oxygen atoms in total. The Kier molecular flexibility index (Phi) is 4.54. The summed E-state index contributed by atoms with van der Waals surface area (Å²) in [6.07, 6.45) is 1.38. The van der Waals surface area contributed by atoms with Crippen LogP contribution >= 0.6 is 0 Å². The first-order valence-corrected chi connectivity index (χ1v) is 8.95. The lowest BCUT2D eigenvalue weighted by atomic mass is 10.1. The van der Waals surface area contributed by atoms with Gasteiger partial charge in [-0.15, -0.1) is 0 Å². The van der Waals surface area contributed by atoms with Crippen molar-refractivity contribution in [2.45, 2.75) is 17.7 Å². The molecule has 1 aliphatic rings. The molecule has 1 aliphatic heterocycles. The summed E-state index contributed by atoms with van der Waals surface area (Å²) >= 11 is 0. The van der Waals surface area contributed by atoms with Crippen LogP contribution in [0.1, 0.15) is 11.1 Å². The zero-order valence-corrected chi connectivity index (χ0v) is 13.7. The van der Waals surface area contributed by atoms with E-state index in [0.717, 1.165) is 29.0 Å². The van der Waals surface area contributed by atoms with Crippen molar-refractivity contribution in [3.8, 4) is 11.5 Å². The third-order valence-electron chi connectivity index (χ3n) is 3.84. The van der Waals surface area contributed by atoms with Crippen molar-refractivity contribution in [2.75, 3.05) is 20.3 Å². The van der Waals surface area contributed by atoms with Gasteiger partial charge in [-0.2, -0.15) is 0 Å². The summed E-state index contributed by atoms with van der Waals surface area (Å²) in [7, 11) is -1.88. The Hall–Kier alpha value is -2.05. The smallest absolute Gasteiger partial charge is 0.240 e. The molecule has 0 saturated heterocycles. The Bertz CT molecular complexity index is 785. The summed E-state index contributed by atoms with van der Waals surface area (Å²) in [4.78, 5) is 0.288. The number of ether oxygens (including phenoxy) is 2. The molecule has 2 aromatic rings. The zero-order valence-electron chi connectivity index (χ0n) is 12.9. The van der Waals surface area contributed by atoms with Crippen molar-refractivity contribution in [3.05, 3.63) is 53.6 Å². The van der Waals surface area contributed by atoms with Crippen molar-refractivity contribution >= 4 is 10.0 Å². The van der Waals surface area contributed by atoms with Crippen LogP contribution in [0.2, 0.25) is 0 Å². The third kappa shape index (κ3) is 3.65. The molecule has 0 fully saturated rings. The largest absolute Gasteiger partial charge is 0.497 e. The number of fused-ring (bicyclic) bond motifs is 1. The number of hydrogen-bond donors (Lipinski definition) is 1. The number of hydrogen-bond acceptors (Lipinski definition) is 4. The average Bonchev–Trinajstić information content (AvgIpc) is 3.03. The number of benzene rings is 2. The van der Waals surface area contributed by atoms with Crippen LogP contribution in [0, 0.1) is 0 Å². The van der Waals surface area contributed by atoms with E-state index in [1.165, 1.54) is 0 Å². The molecule has 0 amide bonds. The molecule has 1 heterocycles. The van der Waals surface area contributed by atoms with E-state index < -0.39 is 10.0 Å². The average molecular weight is 333 g/mol. The first-order chi connectivity index (χ1) is 11.1. The molecule has 0 radical (unpaired) electrons. The molecule has 0 aliphatic carbocycles. The number of methoxy groups -OCH3 is 1. The second-order valence-electron chi connectivity index (χ2n) is 5.36. The molecule has 0 bridgehead atoms. The van der Waals surface area contributed by atoms with Gasteiger partial charge in [0.1, 0.15) is 11.5 Å². The van der Waals surface area contributed by atoms with Gasteiger partial charge in [-0.25, -0.2) is 13.1 Å². The molecule has 0 saturated carbocycles. The molecule has 2 aromatic carbocycles. The lowest BCUT2D eigenvalue weighted by Crippen LogP contribution is -2.26. The van der Waals surface area contributed by atoms with Crippen molar-refractivity contribution in [1.82, 2.24) is 4.72 Å². The van der Waals surface area contributed by atoms with Crippen molar-refractivity contribution in [1.29, 1.82) is 0 Å². The van der Waals surface area contributed by atoms with Gasteiger partial charge in [0.15, 0.2) is 0 Å². The fourth-order valence-electron chi connectivity index (χ4n) is 2.54. The maximum absolute atomic E-state index is 12.4. The molecule has 1 N–H and O–H groups in total. The molecule has 6 heteroatoms. The topological polar surface area (TPSA) is 64.6 Å². The quantitative estimate of drug-likeness (QED) is 0.880. The number of rotatable bonds is 6. The van der Waals surface area contributed by atoms with Crippen LogP contribution in [0.3, 0.4) is 0 Å². The molecule has 3 rings (SSSR count). The van der Waals surface area contributed by atoms with Gasteiger partial charge in [0.05, 0.1) is 18.6 Å². The van der Waals surface area contributed by atoms with E-state index >= 15 is 0 Å². The maximum atomic E-state index is 12.4. The fraction of sp³-hybridized carbons (Fsp3) is 0.294. The minimum atomic E-state index is -3.50. The highest BCUT2D eigenvalue weighted by atomic mass is 32.2. The Labute approximate surface area is 136 Å². The monoisotopic (exact) mass is 333 g/mol. The van der Waals surface area contributed by atoms with Crippen LogP contribution in [0.4, 0.5) is 0 Å². The van der Waals surface area contributed by atoms with Crippen LogP contribution < -0.4 is 14.2 Å². The Morgan fingerprint density at radius 1 is 1.17 bits per heavy atom. The predicted octanol–water partition coefficient (Wildman–Crippen LogP) is 2.15. The lowest BCUT2D eigenvalue weighted by Gasteiger charge is -2.08. The van der Waals surface area contributed by atoms with Gasteiger partial charge in [-0.1, -0.05) is 12.1 Å². The summed E-state index contributed by atoms with van der Waals surface area (Å²) in [5, 5.41) is 0. The first-order valence-electron chi connectivity index (χ1n) is 7.47.